The van der Waals surface area contributed by atoms with Crippen LogP contribution in [0.1, 0.15) is 29.3 Å². The number of aromatic nitrogens is 3. The van der Waals surface area contributed by atoms with Crippen molar-refractivity contribution in [3.63, 3.8) is 0 Å². The highest BCUT2D eigenvalue weighted by atomic mass is 16.5. The van der Waals surface area contributed by atoms with Crippen LogP contribution in [0.25, 0.3) is 0 Å². The quantitative estimate of drug-likeness (QED) is 0.826. The molecule has 0 aliphatic carbocycles. The van der Waals surface area contributed by atoms with Crippen LogP contribution < -0.4 is 10.5 Å². The van der Waals surface area contributed by atoms with Crippen molar-refractivity contribution in [1.82, 2.24) is 14.8 Å². The number of para-hydroxylation sites is 1. The molecule has 5 nitrogen and oxygen atoms in total. The zero-order chi connectivity index (χ0) is 12.7. The van der Waals surface area contributed by atoms with Crippen LogP contribution in [0.2, 0.25) is 0 Å². The lowest BCUT2D eigenvalue weighted by Gasteiger charge is -2.31. The van der Waals surface area contributed by atoms with Crippen molar-refractivity contribution in [2.45, 2.75) is 25.9 Å². The van der Waals surface area contributed by atoms with Crippen LogP contribution in [0.15, 0.2) is 24.3 Å². The molecule has 2 atom stereocenters. The molecule has 2 unspecified atom stereocenters. The summed E-state index contributed by atoms with van der Waals surface area (Å²) in [5.41, 5.74) is 7.36. The van der Waals surface area contributed by atoms with E-state index in [2.05, 4.69) is 10.1 Å². The molecular weight excluding hydrogens is 228 g/mol. The zero-order valence-electron chi connectivity index (χ0n) is 10.5. The van der Waals surface area contributed by atoms with E-state index < -0.39 is 0 Å². The van der Waals surface area contributed by atoms with Crippen molar-refractivity contribution in [3.8, 4) is 5.75 Å². The van der Waals surface area contributed by atoms with Crippen LogP contribution in [0.4, 0.5) is 0 Å². The largest absolute Gasteiger partial charge is 0.491 e. The Bertz CT molecular complexity index is 578. The van der Waals surface area contributed by atoms with E-state index in [0.29, 0.717) is 6.61 Å². The summed E-state index contributed by atoms with van der Waals surface area (Å²) >= 11 is 0. The highest BCUT2D eigenvalue weighted by molar-refractivity contribution is 5.38. The fourth-order valence-corrected chi connectivity index (χ4v) is 2.45. The first-order chi connectivity index (χ1) is 8.66. The van der Waals surface area contributed by atoms with Gasteiger partial charge in [0.1, 0.15) is 30.0 Å². The molecule has 0 saturated heterocycles. The van der Waals surface area contributed by atoms with Crippen LogP contribution in [-0.2, 0) is 0 Å². The van der Waals surface area contributed by atoms with Crippen molar-refractivity contribution in [1.29, 1.82) is 0 Å². The summed E-state index contributed by atoms with van der Waals surface area (Å²) in [4.78, 5) is 4.32. The van der Waals surface area contributed by atoms with Gasteiger partial charge >= 0.3 is 0 Å². The number of ether oxygens (including phenoxy) is 1. The van der Waals surface area contributed by atoms with Crippen LogP contribution in [-0.4, -0.2) is 21.4 Å². The van der Waals surface area contributed by atoms with Gasteiger partial charge in [-0.1, -0.05) is 18.2 Å². The molecule has 2 N–H and O–H groups in total. The van der Waals surface area contributed by atoms with Crippen LogP contribution >= 0.6 is 0 Å². The van der Waals surface area contributed by atoms with Gasteiger partial charge in [-0.3, -0.25) is 0 Å². The fourth-order valence-electron chi connectivity index (χ4n) is 2.45. The highest BCUT2D eigenvalue weighted by Gasteiger charge is 2.30. The first-order valence-electron chi connectivity index (χ1n) is 6.04. The third-order valence-corrected chi connectivity index (χ3v) is 3.32. The molecule has 2 heterocycles. The molecule has 1 aromatic carbocycles. The Kier molecular flexibility index (Phi) is 2.56. The Labute approximate surface area is 106 Å². The van der Waals surface area contributed by atoms with E-state index in [-0.39, 0.29) is 12.1 Å². The third kappa shape index (κ3) is 1.67. The smallest absolute Gasteiger partial charge is 0.147 e. The monoisotopic (exact) mass is 244 g/mol. The molecule has 1 aliphatic rings. The average molecular weight is 244 g/mol. The SMILES string of the molecule is Cc1nc(C)n(C2COc3ccccc3C2N)n1. The summed E-state index contributed by atoms with van der Waals surface area (Å²) < 4.78 is 7.63. The van der Waals surface area contributed by atoms with E-state index in [1.807, 2.05) is 42.8 Å². The number of hydrogen-bond donors (Lipinski definition) is 1. The minimum atomic E-state index is -0.116. The lowest BCUT2D eigenvalue weighted by molar-refractivity contribution is 0.185. The van der Waals surface area contributed by atoms with Crippen molar-refractivity contribution < 1.29 is 4.74 Å². The molecule has 0 amide bonds. The molecule has 0 saturated carbocycles. The van der Waals surface area contributed by atoms with Crippen LogP contribution in [0.3, 0.4) is 0 Å². The number of rotatable bonds is 1. The van der Waals surface area contributed by atoms with Gasteiger partial charge in [0.25, 0.3) is 0 Å². The summed E-state index contributed by atoms with van der Waals surface area (Å²) in [5.74, 6) is 2.50. The topological polar surface area (TPSA) is 66.0 Å². The van der Waals surface area contributed by atoms with E-state index in [0.717, 1.165) is 23.0 Å². The lowest BCUT2D eigenvalue weighted by atomic mass is 9.97. The molecule has 5 heteroatoms. The predicted octanol–water partition coefficient (Wildman–Crippen LogP) is 1.53. The van der Waals surface area contributed by atoms with Crippen molar-refractivity contribution in [2.24, 2.45) is 5.73 Å². The van der Waals surface area contributed by atoms with Crippen LogP contribution in [0, 0.1) is 13.8 Å². The Morgan fingerprint density at radius 3 is 2.83 bits per heavy atom. The molecule has 2 aromatic rings. The van der Waals surface area contributed by atoms with Gasteiger partial charge in [-0.05, 0) is 19.9 Å². The summed E-state index contributed by atoms with van der Waals surface area (Å²) in [7, 11) is 0. The van der Waals surface area contributed by atoms with Crippen molar-refractivity contribution in [3.05, 3.63) is 41.5 Å². The maximum Gasteiger partial charge on any atom is 0.147 e. The number of nitrogens with zero attached hydrogens (tertiary/aromatic N) is 3. The first kappa shape index (κ1) is 11.2. The Balaban J connectivity index is 2.00. The second kappa shape index (κ2) is 4.10. The minimum absolute atomic E-state index is 0.00102. The molecule has 0 bridgehead atoms. The van der Waals surface area contributed by atoms with Gasteiger partial charge in [-0.25, -0.2) is 9.67 Å². The van der Waals surface area contributed by atoms with Gasteiger partial charge in [0.05, 0.1) is 6.04 Å². The Morgan fingerprint density at radius 1 is 1.33 bits per heavy atom. The minimum Gasteiger partial charge on any atom is -0.491 e. The van der Waals surface area contributed by atoms with Gasteiger partial charge < -0.3 is 10.5 Å². The molecule has 1 aliphatic heterocycles. The number of aryl methyl sites for hydroxylation is 2. The molecular formula is C13H16N4O. The Morgan fingerprint density at radius 2 is 2.11 bits per heavy atom. The maximum absolute atomic E-state index is 6.33. The average Bonchev–Trinajstić information content (AvgIpc) is 2.69. The first-order valence-corrected chi connectivity index (χ1v) is 6.04. The van der Waals surface area contributed by atoms with E-state index in [1.165, 1.54) is 0 Å². The number of hydrogen-bond acceptors (Lipinski definition) is 4. The standard InChI is InChI=1S/C13H16N4O/c1-8-15-9(2)17(16-8)11-7-18-12-6-4-3-5-10(12)13(11)14/h3-6,11,13H,7,14H2,1-2H3. The molecule has 94 valence electrons. The molecule has 0 radical (unpaired) electrons. The summed E-state index contributed by atoms with van der Waals surface area (Å²) in [6, 6.07) is 7.77. The van der Waals surface area contributed by atoms with Crippen molar-refractivity contribution >= 4 is 0 Å². The molecule has 3 rings (SSSR count). The van der Waals surface area contributed by atoms with E-state index in [1.54, 1.807) is 0 Å². The van der Waals surface area contributed by atoms with Gasteiger partial charge in [-0.15, -0.1) is 0 Å². The summed E-state index contributed by atoms with van der Waals surface area (Å²) in [6.45, 7) is 4.35. The van der Waals surface area contributed by atoms with Gasteiger partial charge in [0.2, 0.25) is 0 Å². The number of nitrogens with two attached hydrogens (primary N) is 1. The third-order valence-electron chi connectivity index (χ3n) is 3.32. The van der Waals surface area contributed by atoms with E-state index in [4.69, 9.17) is 10.5 Å². The molecule has 1 aromatic heterocycles. The van der Waals surface area contributed by atoms with Crippen LogP contribution in [0.5, 0.6) is 5.75 Å². The maximum atomic E-state index is 6.33. The summed E-state index contributed by atoms with van der Waals surface area (Å²) in [6.07, 6.45) is 0. The fraction of sp³-hybridized carbons (Fsp3) is 0.385. The zero-order valence-corrected chi connectivity index (χ0v) is 10.5. The number of fused-ring (bicyclic) bond motifs is 1. The molecule has 0 fully saturated rings. The summed E-state index contributed by atoms with van der Waals surface area (Å²) in [5, 5.41) is 4.40. The predicted molar refractivity (Wildman–Crippen MR) is 67.4 cm³/mol. The lowest BCUT2D eigenvalue weighted by Crippen LogP contribution is -2.34. The molecule has 18 heavy (non-hydrogen) atoms. The second-order valence-corrected chi connectivity index (χ2v) is 4.59. The Hall–Kier alpha value is -1.88. The van der Waals surface area contributed by atoms with E-state index >= 15 is 0 Å². The number of benzene rings is 1. The normalized spacial score (nSPS) is 22.4. The highest BCUT2D eigenvalue weighted by Crippen LogP contribution is 2.35. The van der Waals surface area contributed by atoms with Gasteiger partial charge in [0.15, 0.2) is 0 Å². The van der Waals surface area contributed by atoms with Crippen molar-refractivity contribution in [2.75, 3.05) is 6.61 Å². The van der Waals surface area contributed by atoms with Gasteiger partial charge in [0, 0.05) is 5.56 Å². The molecule has 0 spiro atoms. The van der Waals surface area contributed by atoms with E-state index in [9.17, 15) is 0 Å². The second-order valence-electron chi connectivity index (χ2n) is 4.59. The van der Waals surface area contributed by atoms with Gasteiger partial charge in [-0.2, -0.15) is 5.10 Å².